The van der Waals surface area contributed by atoms with Gasteiger partial charge in [-0.1, -0.05) is 26.2 Å². The normalized spacial score (nSPS) is 10.2. The summed E-state index contributed by atoms with van der Waals surface area (Å²) in [5.41, 5.74) is 0.188. The summed E-state index contributed by atoms with van der Waals surface area (Å²) in [5, 5.41) is 10.6. The number of halogens is 1. The number of carboxylic acid groups (broad SMARTS) is 1. The maximum atomic E-state index is 10.6. The average molecular weight is 347 g/mol. The molecule has 0 N–H and O–H groups in total. The first-order chi connectivity index (χ1) is 8.15. The van der Waals surface area contributed by atoms with Crippen LogP contribution in [0.3, 0.4) is 0 Å². The molecule has 0 heterocycles. The van der Waals surface area contributed by atoms with Crippen molar-refractivity contribution in [2.24, 2.45) is 0 Å². The summed E-state index contributed by atoms with van der Waals surface area (Å²) >= 11 is 2.07. The molecule has 94 valence electrons. The number of aromatic carboxylic acids is 1. The highest BCUT2D eigenvalue weighted by atomic mass is 127. The van der Waals surface area contributed by atoms with Crippen molar-refractivity contribution in [1.82, 2.24) is 0 Å². The van der Waals surface area contributed by atoms with Crippen molar-refractivity contribution >= 4 is 28.6 Å². The lowest BCUT2D eigenvalue weighted by Gasteiger charge is -2.10. The van der Waals surface area contributed by atoms with Crippen LogP contribution in [0.25, 0.3) is 0 Å². The quantitative estimate of drug-likeness (QED) is 0.563. The van der Waals surface area contributed by atoms with Crippen LogP contribution in [0.15, 0.2) is 18.2 Å². The first-order valence-corrected chi connectivity index (χ1v) is 6.86. The maximum absolute atomic E-state index is 10.6. The zero-order valence-electron chi connectivity index (χ0n) is 9.87. The third kappa shape index (κ3) is 4.93. The van der Waals surface area contributed by atoms with E-state index in [1.165, 1.54) is 25.3 Å². The molecule has 0 saturated heterocycles. The van der Waals surface area contributed by atoms with Crippen molar-refractivity contribution in [1.29, 1.82) is 0 Å². The highest BCUT2D eigenvalue weighted by Crippen LogP contribution is 2.22. The van der Waals surface area contributed by atoms with Crippen molar-refractivity contribution < 1.29 is 14.6 Å². The molecule has 1 aromatic rings. The number of hydrogen-bond acceptors (Lipinski definition) is 3. The fourth-order valence-electron chi connectivity index (χ4n) is 1.46. The fourth-order valence-corrected chi connectivity index (χ4v) is 2.13. The minimum absolute atomic E-state index is 0.188. The highest BCUT2D eigenvalue weighted by Gasteiger charge is 2.03. The van der Waals surface area contributed by atoms with Crippen LogP contribution in [0.2, 0.25) is 0 Å². The van der Waals surface area contributed by atoms with Gasteiger partial charge < -0.3 is 14.6 Å². The van der Waals surface area contributed by atoms with E-state index in [9.17, 15) is 9.90 Å². The van der Waals surface area contributed by atoms with E-state index in [0.717, 1.165) is 15.7 Å². The van der Waals surface area contributed by atoms with E-state index < -0.39 is 5.97 Å². The van der Waals surface area contributed by atoms with Gasteiger partial charge in [0.15, 0.2) is 0 Å². The van der Waals surface area contributed by atoms with E-state index in [2.05, 4.69) is 29.5 Å². The van der Waals surface area contributed by atoms with E-state index in [4.69, 9.17) is 4.74 Å². The number of hydrogen-bond donors (Lipinski definition) is 0. The molecule has 0 bridgehead atoms. The van der Waals surface area contributed by atoms with Crippen LogP contribution in [-0.2, 0) is 0 Å². The molecular weight excluding hydrogens is 331 g/mol. The predicted molar refractivity (Wildman–Crippen MR) is 73.1 cm³/mol. The Balaban J connectivity index is 2.46. The summed E-state index contributed by atoms with van der Waals surface area (Å²) in [6.07, 6.45) is 4.64. The van der Waals surface area contributed by atoms with E-state index >= 15 is 0 Å². The lowest BCUT2D eigenvalue weighted by atomic mass is 10.2. The number of benzene rings is 1. The second kappa shape index (κ2) is 7.53. The smallest absolute Gasteiger partial charge is 0.132 e. The third-order valence-corrected chi connectivity index (χ3v) is 3.27. The van der Waals surface area contributed by atoms with Gasteiger partial charge >= 0.3 is 0 Å². The topological polar surface area (TPSA) is 49.4 Å². The van der Waals surface area contributed by atoms with Gasteiger partial charge in [-0.2, -0.15) is 0 Å². The number of carbonyl (C=O) groups is 1. The molecule has 0 atom stereocenters. The van der Waals surface area contributed by atoms with Crippen LogP contribution in [0.1, 0.15) is 43.0 Å². The van der Waals surface area contributed by atoms with Crippen molar-refractivity contribution in [3.63, 3.8) is 0 Å². The number of unbranched alkanes of at least 4 members (excludes halogenated alkanes) is 3. The van der Waals surface area contributed by atoms with Crippen molar-refractivity contribution in [2.75, 3.05) is 6.61 Å². The third-order valence-electron chi connectivity index (χ3n) is 2.42. The van der Waals surface area contributed by atoms with E-state index in [1.54, 1.807) is 12.1 Å². The molecule has 1 aromatic carbocycles. The van der Waals surface area contributed by atoms with Gasteiger partial charge in [0.05, 0.1) is 16.1 Å². The van der Waals surface area contributed by atoms with Gasteiger partial charge in [-0.3, -0.25) is 0 Å². The Morgan fingerprint density at radius 3 is 2.71 bits per heavy atom. The lowest BCUT2D eigenvalue weighted by molar-refractivity contribution is -0.255. The molecule has 0 amide bonds. The molecule has 0 fully saturated rings. The van der Waals surface area contributed by atoms with E-state index in [-0.39, 0.29) is 5.56 Å². The second-order valence-electron chi connectivity index (χ2n) is 3.84. The Morgan fingerprint density at radius 2 is 2.12 bits per heavy atom. The van der Waals surface area contributed by atoms with Gasteiger partial charge in [0.2, 0.25) is 0 Å². The largest absolute Gasteiger partial charge is 0.545 e. The molecule has 0 spiro atoms. The summed E-state index contributed by atoms with van der Waals surface area (Å²) in [6, 6.07) is 4.77. The van der Waals surface area contributed by atoms with Crippen LogP contribution in [0.4, 0.5) is 0 Å². The fraction of sp³-hybridized carbons (Fsp3) is 0.462. The maximum Gasteiger partial charge on any atom is 0.132 e. The Hall–Kier alpha value is -0.780. The molecule has 0 aliphatic heterocycles. The second-order valence-corrected chi connectivity index (χ2v) is 5.00. The molecule has 0 saturated carbocycles. The highest BCUT2D eigenvalue weighted by molar-refractivity contribution is 14.1. The molecule has 0 aliphatic carbocycles. The zero-order chi connectivity index (χ0) is 12.7. The Kier molecular flexibility index (Phi) is 6.32. The van der Waals surface area contributed by atoms with Gasteiger partial charge in [-0.05, 0) is 52.8 Å². The number of carbonyl (C=O) groups excluding carboxylic acids is 1. The first-order valence-electron chi connectivity index (χ1n) is 5.79. The van der Waals surface area contributed by atoms with Gasteiger partial charge in [0.25, 0.3) is 0 Å². The minimum Gasteiger partial charge on any atom is -0.545 e. The molecule has 17 heavy (non-hydrogen) atoms. The summed E-state index contributed by atoms with van der Waals surface area (Å²) in [6.45, 7) is 2.85. The lowest BCUT2D eigenvalue weighted by Crippen LogP contribution is -2.22. The molecular formula is C13H16IO3-. The molecule has 4 heteroatoms. The van der Waals surface area contributed by atoms with Crippen LogP contribution in [-0.4, -0.2) is 12.6 Å². The van der Waals surface area contributed by atoms with Gasteiger partial charge in [-0.25, -0.2) is 0 Å². The molecule has 1 rings (SSSR count). The van der Waals surface area contributed by atoms with Crippen LogP contribution in [0.5, 0.6) is 5.75 Å². The Bertz CT molecular complexity index is 377. The Labute approximate surface area is 115 Å². The monoisotopic (exact) mass is 347 g/mol. The minimum atomic E-state index is -1.16. The summed E-state index contributed by atoms with van der Waals surface area (Å²) in [7, 11) is 0. The number of rotatable bonds is 7. The number of ether oxygens (including phenoxy) is 1. The van der Waals surface area contributed by atoms with Crippen molar-refractivity contribution in [3.05, 3.63) is 27.3 Å². The first kappa shape index (κ1) is 14.3. The summed E-state index contributed by atoms with van der Waals surface area (Å²) < 4.78 is 6.40. The Morgan fingerprint density at radius 1 is 1.35 bits per heavy atom. The van der Waals surface area contributed by atoms with Gasteiger partial charge in [0.1, 0.15) is 5.75 Å². The van der Waals surface area contributed by atoms with Crippen LogP contribution in [0, 0.1) is 3.57 Å². The van der Waals surface area contributed by atoms with Crippen LogP contribution >= 0.6 is 22.6 Å². The molecule has 0 radical (unpaired) electrons. The molecule has 0 aliphatic rings. The molecule has 3 nitrogen and oxygen atoms in total. The SMILES string of the molecule is CCCCCCOc1ccc(C(=O)[O-])cc1I. The average Bonchev–Trinajstić information content (AvgIpc) is 2.30. The molecule has 0 aromatic heterocycles. The van der Waals surface area contributed by atoms with E-state index in [0.29, 0.717) is 6.61 Å². The van der Waals surface area contributed by atoms with Gasteiger partial charge in [0, 0.05) is 0 Å². The van der Waals surface area contributed by atoms with Gasteiger partial charge in [-0.15, -0.1) is 0 Å². The van der Waals surface area contributed by atoms with Crippen molar-refractivity contribution in [3.8, 4) is 5.75 Å². The zero-order valence-corrected chi connectivity index (χ0v) is 12.0. The molecule has 0 unspecified atom stereocenters. The predicted octanol–water partition coefficient (Wildman–Crippen LogP) is 2.61. The standard InChI is InChI=1S/C13H17IO3/c1-2-3-4-5-8-17-12-7-6-10(13(15)16)9-11(12)14/h6-7,9H,2-5,8H2,1H3,(H,15,16)/p-1. The number of carboxylic acids is 1. The summed E-state index contributed by atoms with van der Waals surface area (Å²) in [5.74, 6) is -0.412. The van der Waals surface area contributed by atoms with Crippen LogP contribution < -0.4 is 9.84 Å². The van der Waals surface area contributed by atoms with E-state index in [1.807, 2.05) is 0 Å². The summed E-state index contributed by atoms with van der Waals surface area (Å²) in [4.78, 5) is 10.6. The van der Waals surface area contributed by atoms with Crippen molar-refractivity contribution in [2.45, 2.75) is 32.6 Å².